The second-order valence-corrected chi connectivity index (χ2v) is 10.4. The molecule has 0 aliphatic carbocycles. The van der Waals surface area contributed by atoms with E-state index in [0.29, 0.717) is 11.4 Å². The molecule has 2 N–H and O–H groups in total. The zero-order valence-corrected chi connectivity index (χ0v) is 22.0. The van der Waals surface area contributed by atoms with Gasteiger partial charge in [-0.05, 0) is 99.7 Å². The van der Waals surface area contributed by atoms with Crippen molar-refractivity contribution >= 4 is 11.4 Å². The number of anilines is 1. The maximum absolute atomic E-state index is 8.88. The third-order valence-electron chi connectivity index (χ3n) is 7.50. The summed E-state index contributed by atoms with van der Waals surface area (Å²) in [7, 11) is 0. The summed E-state index contributed by atoms with van der Waals surface area (Å²) in [6.45, 7) is 12.7. The highest BCUT2D eigenvalue weighted by Gasteiger charge is 2.15. The third kappa shape index (κ3) is 6.51. The minimum Gasteiger partial charge on any atom is -0.353 e. The normalized spacial score (nSPS) is 16.6. The first kappa shape index (κ1) is 25.3. The van der Waals surface area contributed by atoms with Crippen LogP contribution in [0.5, 0.6) is 0 Å². The van der Waals surface area contributed by atoms with Crippen molar-refractivity contribution in [3.63, 3.8) is 0 Å². The lowest BCUT2D eigenvalue weighted by atomic mass is 9.96. The SMILES string of the molecule is C=C(Nc1ccc(CN2CCCC2)nc1)C(=N)c1cc(-c2cncc(CN3CCCCC3)c2)ccc1C. The highest BCUT2D eigenvalue weighted by molar-refractivity contribution is 6.13. The summed E-state index contributed by atoms with van der Waals surface area (Å²) >= 11 is 0. The Morgan fingerprint density at radius 3 is 2.32 bits per heavy atom. The molecule has 0 radical (unpaired) electrons. The molecule has 0 bridgehead atoms. The van der Waals surface area contributed by atoms with Gasteiger partial charge in [0.05, 0.1) is 29.0 Å². The van der Waals surface area contributed by atoms with Crippen molar-refractivity contribution in [2.75, 3.05) is 31.5 Å². The molecule has 3 aromatic rings. The quantitative estimate of drug-likeness (QED) is 0.356. The second-order valence-electron chi connectivity index (χ2n) is 10.4. The Labute approximate surface area is 221 Å². The van der Waals surface area contributed by atoms with Gasteiger partial charge in [0, 0.05) is 36.6 Å². The van der Waals surface area contributed by atoms with Gasteiger partial charge in [-0.2, -0.15) is 0 Å². The average molecular weight is 495 g/mol. The van der Waals surface area contributed by atoms with E-state index in [0.717, 1.165) is 59.8 Å². The summed E-state index contributed by atoms with van der Waals surface area (Å²) in [6.07, 6.45) is 12.2. The van der Waals surface area contributed by atoms with Crippen LogP contribution < -0.4 is 5.32 Å². The van der Waals surface area contributed by atoms with Gasteiger partial charge in [-0.3, -0.25) is 25.2 Å². The maximum atomic E-state index is 8.88. The van der Waals surface area contributed by atoms with Gasteiger partial charge < -0.3 is 5.32 Å². The molecule has 0 spiro atoms. The van der Waals surface area contributed by atoms with Crippen molar-refractivity contribution in [1.82, 2.24) is 19.8 Å². The number of likely N-dealkylation sites (tertiary alicyclic amines) is 2. The topological polar surface area (TPSA) is 68.1 Å². The summed E-state index contributed by atoms with van der Waals surface area (Å²) in [5.41, 5.74) is 8.19. The molecule has 0 amide bonds. The summed E-state index contributed by atoms with van der Waals surface area (Å²) in [6, 6.07) is 12.6. The Morgan fingerprint density at radius 1 is 0.865 bits per heavy atom. The fraction of sp³-hybridized carbons (Fsp3) is 0.387. The lowest BCUT2D eigenvalue weighted by Crippen LogP contribution is -2.29. The second kappa shape index (κ2) is 11.8. The van der Waals surface area contributed by atoms with Gasteiger partial charge in [-0.1, -0.05) is 25.1 Å². The van der Waals surface area contributed by atoms with E-state index < -0.39 is 0 Å². The summed E-state index contributed by atoms with van der Waals surface area (Å²) in [4.78, 5) is 14.1. The predicted octanol–water partition coefficient (Wildman–Crippen LogP) is 6.03. The number of pyridine rings is 2. The molecule has 0 saturated carbocycles. The monoisotopic (exact) mass is 494 g/mol. The Hall–Kier alpha value is -3.35. The summed E-state index contributed by atoms with van der Waals surface area (Å²) in [5.74, 6) is 0. The first-order valence-corrected chi connectivity index (χ1v) is 13.5. The van der Waals surface area contributed by atoms with E-state index in [4.69, 9.17) is 5.41 Å². The highest BCUT2D eigenvalue weighted by Crippen LogP contribution is 2.25. The highest BCUT2D eigenvalue weighted by atomic mass is 15.1. The van der Waals surface area contributed by atoms with Crippen LogP contribution in [0.25, 0.3) is 11.1 Å². The van der Waals surface area contributed by atoms with Crippen molar-refractivity contribution in [1.29, 1.82) is 5.41 Å². The van der Waals surface area contributed by atoms with Crippen LogP contribution in [-0.2, 0) is 13.1 Å². The average Bonchev–Trinajstić information content (AvgIpc) is 3.43. The minimum atomic E-state index is 0.387. The molecule has 0 unspecified atom stereocenters. The Morgan fingerprint density at radius 2 is 1.59 bits per heavy atom. The number of aromatic nitrogens is 2. The molecule has 1 aromatic carbocycles. The lowest BCUT2D eigenvalue weighted by molar-refractivity contribution is 0.220. The Balaban J connectivity index is 1.26. The van der Waals surface area contributed by atoms with Crippen LogP contribution in [0.15, 0.2) is 67.3 Å². The zero-order chi connectivity index (χ0) is 25.6. The number of piperidine rings is 1. The molecule has 4 heterocycles. The van der Waals surface area contributed by atoms with E-state index in [2.05, 4.69) is 62.0 Å². The van der Waals surface area contributed by atoms with Gasteiger partial charge >= 0.3 is 0 Å². The molecular formula is C31H38N6. The van der Waals surface area contributed by atoms with Crippen LogP contribution in [0, 0.1) is 12.3 Å². The van der Waals surface area contributed by atoms with Gasteiger partial charge in [0.2, 0.25) is 0 Å². The van der Waals surface area contributed by atoms with E-state index in [-0.39, 0.29) is 0 Å². The molecule has 192 valence electrons. The molecule has 2 aromatic heterocycles. The number of hydrogen-bond donors (Lipinski definition) is 2. The molecule has 2 saturated heterocycles. The van der Waals surface area contributed by atoms with Crippen LogP contribution in [0.3, 0.4) is 0 Å². The lowest BCUT2D eigenvalue weighted by Gasteiger charge is -2.26. The summed E-state index contributed by atoms with van der Waals surface area (Å²) in [5, 5.41) is 12.2. The molecule has 2 fully saturated rings. The number of nitrogens with one attached hydrogen (secondary N) is 2. The number of nitrogens with zero attached hydrogens (tertiary/aromatic N) is 4. The number of benzene rings is 1. The van der Waals surface area contributed by atoms with Gasteiger partial charge in [0.1, 0.15) is 0 Å². The van der Waals surface area contributed by atoms with Gasteiger partial charge in [0.25, 0.3) is 0 Å². The van der Waals surface area contributed by atoms with Gasteiger partial charge in [-0.25, -0.2) is 0 Å². The fourth-order valence-corrected chi connectivity index (χ4v) is 5.34. The van der Waals surface area contributed by atoms with Crippen molar-refractivity contribution in [3.05, 3.63) is 89.6 Å². The number of hydrogen-bond acceptors (Lipinski definition) is 6. The number of aryl methyl sites for hydroxylation is 1. The standard InChI is InChI=1S/C31H38N6/c1-23-8-9-26(27-16-25(18-33-19-27)21-36-12-4-3-5-13-36)17-30(23)31(32)24(2)35-28-10-11-29(34-20-28)22-37-14-6-7-15-37/h8-11,16-20,32,35H,2-7,12-15,21-22H2,1H3. The van der Waals surface area contributed by atoms with Crippen LogP contribution in [-0.4, -0.2) is 51.7 Å². The molecule has 37 heavy (non-hydrogen) atoms. The van der Waals surface area contributed by atoms with Gasteiger partial charge in [0.15, 0.2) is 0 Å². The Kier molecular flexibility index (Phi) is 8.07. The third-order valence-corrected chi connectivity index (χ3v) is 7.50. The van der Waals surface area contributed by atoms with Crippen LogP contribution in [0.4, 0.5) is 5.69 Å². The van der Waals surface area contributed by atoms with E-state index in [1.165, 1.54) is 50.8 Å². The van der Waals surface area contributed by atoms with E-state index in [1.807, 2.05) is 31.6 Å². The van der Waals surface area contributed by atoms with E-state index in [1.54, 1.807) is 0 Å². The van der Waals surface area contributed by atoms with Crippen LogP contribution >= 0.6 is 0 Å². The molecule has 6 heteroatoms. The van der Waals surface area contributed by atoms with Crippen molar-refractivity contribution in [2.45, 2.75) is 52.1 Å². The molecule has 5 rings (SSSR count). The molecular weight excluding hydrogens is 456 g/mol. The maximum Gasteiger partial charge on any atom is 0.0843 e. The first-order valence-electron chi connectivity index (χ1n) is 13.5. The number of rotatable bonds is 9. The van der Waals surface area contributed by atoms with Gasteiger partial charge in [-0.15, -0.1) is 0 Å². The number of allylic oxidation sites excluding steroid dienone is 1. The smallest absolute Gasteiger partial charge is 0.0843 e. The van der Waals surface area contributed by atoms with Crippen molar-refractivity contribution in [3.8, 4) is 11.1 Å². The molecule has 2 aliphatic rings. The zero-order valence-electron chi connectivity index (χ0n) is 22.0. The van der Waals surface area contributed by atoms with Crippen molar-refractivity contribution in [2.24, 2.45) is 0 Å². The fourth-order valence-electron chi connectivity index (χ4n) is 5.34. The van der Waals surface area contributed by atoms with Crippen molar-refractivity contribution < 1.29 is 0 Å². The van der Waals surface area contributed by atoms with Crippen LogP contribution in [0.1, 0.15) is 54.5 Å². The first-order chi connectivity index (χ1) is 18.0. The largest absolute Gasteiger partial charge is 0.353 e. The molecule has 6 nitrogen and oxygen atoms in total. The molecule has 2 aliphatic heterocycles. The van der Waals surface area contributed by atoms with E-state index in [9.17, 15) is 0 Å². The Bertz CT molecular complexity index is 1240. The minimum absolute atomic E-state index is 0.387. The van der Waals surface area contributed by atoms with Crippen LogP contribution in [0.2, 0.25) is 0 Å². The van der Waals surface area contributed by atoms with E-state index >= 15 is 0 Å². The predicted molar refractivity (Wildman–Crippen MR) is 152 cm³/mol. The molecule has 0 atom stereocenters. The summed E-state index contributed by atoms with van der Waals surface area (Å²) < 4.78 is 0.